The third-order valence-electron chi connectivity index (χ3n) is 2.42. The molecule has 16 heavy (non-hydrogen) atoms. The molecule has 1 aromatic heterocycles. The number of aliphatic hydroxyl groups excluding tert-OH is 1. The molecule has 1 N–H and O–H groups in total. The second-order valence-electron chi connectivity index (χ2n) is 3.37. The summed E-state index contributed by atoms with van der Waals surface area (Å²) in [5.74, 6) is 0.760. The molecular weight excluding hydrogens is 202 g/mol. The van der Waals surface area contributed by atoms with E-state index in [1.807, 2.05) is 36.4 Å². The molecular formula is C13H13NO2. The summed E-state index contributed by atoms with van der Waals surface area (Å²) in [4.78, 5) is 4.29. The minimum Gasteiger partial charge on any atom is -0.496 e. The van der Waals surface area contributed by atoms with E-state index >= 15 is 0 Å². The summed E-state index contributed by atoms with van der Waals surface area (Å²) >= 11 is 0. The molecule has 0 amide bonds. The zero-order valence-corrected chi connectivity index (χ0v) is 9.05. The highest BCUT2D eigenvalue weighted by Gasteiger charge is 2.09. The van der Waals surface area contributed by atoms with E-state index in [0.29, 0.717) is 0 Å². The molecule has 0 unspecified atom stereocenters. The minimum atomic E-state index is -0.0266. The summed E-state index contributed by atoms with van der Waals surface area (Å²) in [5, 5.41) is 9.26. The van der Waals surface area contributed by atoms with Gasteiger partial charge in [-0.15, -0.1) is 0 Å². The van der Waals surface area contributed by atoms with Crippen molar-refractivity contribution >= 4 is 0 Å². The van der Waals surface area contributed by atoms with Crippen LogP contribution in [0.2, 0.25) is 0 Å². The average Bonchev–Trinajstić information content (AvgIpc) is 2.38. The topological polar surface area (TPSA) is 42.4 Å². The molecule has 1 heterocycles. The predicted octanol–water partition coefficient (Wildman–Crippen LogP) is 2.25. The van der Waals surface area contributed by atoms with Crippen molar-refractivity contribution in [1.82, 2.24) is 4.98 Å². The predicted molar refractivity (Wildman–Crippen MR) is 62.1 cm³/mol. The Labute approximate surface area is 94.3 Å². The van der Waals surface area contributed by atoms with Crippen molar-refractivity contribution in [3.8, 4) is 17.0 Å². The van der Waals surface area contributed by atoms with Gasteiger partial charge >= 0.3 is 0 Å². The molecule has 0 saturated carbocycles. The van der Waals surface area contributed by atoms with E-state index in [0.717, 1.165) is 22.6 Å². The summed E-state index contributed by atoms with van der Waals surface area (Å²) in [7, 11) is 1.63. The molecule has 0 spiro atoms. The number of para-hydroxylation sites is 1. The zero-order valence-electron chi connectivity index (χ0n) is 9.05. The number of ether oxygens (including phenoxy) is 1. The van der Waals surface area contributed by atoms with Crippen LogP contribution in [0.15, 0.2) is 42.6 Å². The minimum absolute atomic E-state index is 0.0266. The maximum absolute atomic E-state index is 9.26. The quantitative estimate of drug-likeness (QED) is 0.853. The monoisotopic (exact) mass is 215 g/mol. The summed E-state index contributed by atoms with van der Waals surface area (Å²) in [6.45, 7) is -0.0266. The number of aliphatic hydroxyl groups is 1. The Morgan fingerprint density at radius 1 is 1.19 bits per heavy atom. The first-order chi connectivity index (χ1) is 7.86. The van der Waals surface area contributed by atoms with Gasteiger partial charge < -0.3 is 9.84 Å². The number of pyridine rings is 1. The van der Waals surface area contributed by atoms with Crippen molar-refractivity contribution in [2.75, 3.05) is 7.11 Å². The van der Waals surface area contributed by atoms with Crippen LogP contribution < -0.4 is 4.74 Å². The second kappa shape index (κ2) is 4.77. The number of rotatable bonds is 3. The van der Waals surface area contributed by atoms with Gasteiger partial charge in [-0.05, 0) is 18.2 Å². The molecule has 0 aliphatic carbocycles. The van der Waals surface area contributed by atoms with E-state index < -0.39 is 0 Å². The molecule has 0 radical (unpaired) electrons. The Hall–Kier alpha value is -1.87. The number of hydrogen-bond donors (Lipinski definition) is 1. The zero-order chi connectivity index (χ0) is 11.4. The standard InChI is InChI=1S/C13H13NO2/c1-16-12-7-3-2-6-11(12)13-10(9-15)5-4-8-14-13/h2-8,15H,9H2,1H3. The lowest BCUT2D eigenvalue weighted by molar-refractivity contribution is 0.282. The van der Waals surface area contributed by atoms with E-state index in [2.05, 4.69) is 4.98 Å². The maximum Gasteiger partial charge on any atom is 0.128 e. The first-order valence-electron chi connectivity index (χ1n) is 5.05. The maximum atomic E-state index is 9.26. The van der Waals surface area contributed by atoms with Gasteiger partial charge in [0, 0.05) is 17.3 Å². The van der Waals surface area contributed by atoms with Gasteiger partial charge in [0.1, 0.15) is 5.75 Å². The highest BCUT2D eigenvalue weighted by Crippen LogP contribution is 2.30. The average molecular weight is 215 g/mol. The van der Waals surface area contributed by atoms with Crippen LogP contribution in [-0.4, -0.2) is 17.2 Å². The van der Waals surface area contributed by atoms with Crippen molar-refractivity contribution in [3.63, 3.8) is 0 Å². The molecule has 3 nitrogen and oxygen atoms in total. The van der Waals surface area contributed by atoms with Crippen molar-refractivity contribution < 1.29 is 9.84 Å². The lowest BCUT2D eigenvalue weighted by atomic mass is 10.1. The van der Waals surface area contributed by atoms with Gasteiger partial charge in [0.05, 0.1) is 19.4 Å². The smallest absolute Gasteiger partial charge is 0.128 e. The molecule has 2 aromatic rings. The van der Waals surface area contributed by atoms with E-state index in [-0.39, 0.29) is 6.61 Å². The summed E-state index contributed by atoms with van der Waals surface area (Å²) in [6.07, 6.45) is 1.71. The van der Waals surface area contributed by atoms with Gasteiger partial charge in [-0.1, -0.05) is 18.2 Å². The molecule has 2 rings (SSSR count). The van der Waals surface area contributed by atoms with E-state index in [4.69, 9.17) is 4.74 Å². The molecule has 0 aliphatic heterocycles. The summed E-state index contributed by atoms with van der Waals surface area (Å²) in [5.41, 5.74) is 2.46. The lowest BCUT2D eigenvalue weighted by Crippen LogP contribution is -1.95. The summed E-state index contributed by atoms with van der Waals surface area (Å²) < 4.78 is 5.28. The molecule has 82 valence electrons. The second-order valence-corrected chi connectivity index (χ2v) is 3.37. The van der Waals surface area contributed by atoms with Crippen molar-refractivity contribution in [3.05, 3.63) is 48.2 Å². The van der Waals surface area contributed by atoms with Crippen LogP contribution in [0.1, 0.15) is 5.56 Å². The molecule has 0 fully saturated rings. The fraction of sp³-hybridized carbons (Fsp3) is 0.154. The molecule has 0 aliphatic rings. The van der Waals surface area contributed by atoms with Crippen LogP contribution in [0.25, 0.3) is 11.3 Å². The number of nitrogens with zero attached hydrogens (tertiary/aromatic N) is 1. The van der Waals surface area contributed by atoms with Crippen molar-refractivity contribution in [1.29, 1.82) is 0 Å². The van der Waals surface area contributed by atoms with E-state index in [1.54, 1.807) is 13.3 Å². The molecule has 3 heteroatoms. The summed E-state index contributed by atoms with van der Waals surface area (Å²) in [6, 6.07) is 11.3. The highest BCUT2D eigenvalue weighted by molar-refractivity contribution is 5.69. The number of aromatic nitrogens is 1. The SMILES string of the molecule is COc1ccccc1-c1ncccc1CO. The largest absolute Gasteiger partial charge is 0.496 e. The van der Waals surface area contributed by atoms with E-state index in [9.17, 15) is 5.11 Å². The van der Waals surface area contributed by atoms with Crippen molar-refractivity contribution in [2.45, 2.75) is 6.61 Å². The number of benzene rings is 1. The molecule has 0 bridgehead atoms. The lowest BCUT2D eigenvalue weighted by Gasteiger charge is -2.10. The Balaban J connectivity index is 2.58. The van der Waals surface area contributed by atoms with Crippen LogP contribution in [0, 0.1) is 0 Å². The Bertz CT molecular complexity index is 437. The Morgan fingerprint density at radius 2 is 2.00 bits per heavy atom. The van der Waals surface area contributed by atoms with Gasteiger partial charge in [-0.2, -0.15) is 0 Å². The first-order valence-corrected chi connectivity index (χ1v) is 5.05. The highest BCUT2D eigenvalue weighted by atomic mass is 16.5. The number of hydrogen-bond acceptors (Lipinski definition) is 3. The third-order valence-corrected chi connectivity index (χ3v) is 2.42. The van der Waals surface area contributed by atoms with Crippen LogP contribution in [0.3, 0.4) is 0 Å². The van der Waals surface area contributed by atoms with Crippen LogP contribution in [0.4, 0.5) is 0 Å². The van der Waals surface area contributed by atoms with Gasteiger partial charge in [-0.25, -0.2) is 0 Å². The number of methoxy groups -OCH3 is 1. The van der Waals surface area contributed by atoms with Crippen LogP contribution in [0.5, 0.6) is 5.75 Å². The molecule has 1 aromatic carbocycles. The molecule has 0 saturated heterocycles. The van der Waals surface area contributed by atoms with Gasteiger partial charge in [-0.3, -0.25) is 4.98 Å². The van der Waals surface area contributed by atoms with Gasteiger partial charge in [0.15, 0.2) is 0 Å². The first kappa shape index (κ1) is 10.6. The Kier molecular flexibility index (Phi) is 3.17. The fourth-order valence-corrected chi connectivity index (χ4v) is 1.65. The van der Waals surface area contributed by atoms with Crippen molar-refractivity contribution in [2.24, 2.45) is 0 Å². The van der Waals surface area contributed by atoms with Gasteiger partial charge in [0.2, 0.25) is 0 Å². The van der Waals surface area contributed by atoms with Crippen LogP contribution in [-0.2, 0) is 6.61 Å². The van der Waals surface area contributed by atoms with Gasteiger partial charge in [0.25, 0.3) is 0 Å². The third kappa shape index (κ3) is 1.90. The molecule has 0 atom stereocenters. The Morgan fingerprint density at radius 3 is 2.75 bits per heavy atom. The van der Waals surface area contributed by atoms with Crippen LogP contribution >= 0.6 is 0 Å². The normalized spacial score (nSPS) is 10.1. The van der Waals surface area contributed by atoms with E-state index in [1.165, 1.54) is 0 Å². The fourth-order valence-electron chi connectivity index (χ4n) is 1.65.